The lowest BCUT2D eigenvalue weighted by molar-refractivity contribution is 0.0981. The van der Waals surface area contributed by atoms with Crippen LogP contribution >= 0.6 is 0 Å². The third-order valence-corrected chi connectivity index (χ3v) is 2.33. The van der Waals surface area contributed by atoms with Crippen LogP contribution in [0, 0.1) is 0 Å². The van der Waals surface area contributed by atoms with Gasteiger partial charge < -0.3 is 5.32 Å². The molecule has 66 valence electrons. The van der Waals surface area contributed by atoms with E-state index in [2.05, 4.69) is 18.8 Å². The smallest absolute Gasteiger partial charge is 0.256 e. The number of amides is 1. The van der Waals surface area contributed by atoms with Gasteiger partial charge in [-0.25, -0.2) is 0 Å². The second-order valence-corrected chi connectivity index (χ2v) is 3.17. The van der Waals surface area contributed by atoms with Crippen LogP contribution in [0.1, 0.15) is 28.4 Å². The molecule has 0 saturated carbocycles. The number of hydrogen-bond donors (Lipinski definition) is 1. The molecule has 1 aromatic carbocycles. The van der Waals surface area contributed by atoms with Gasteiger partial charge in [0.1, 0.15) is 0 Å². The summed E-state index contributed by atoms with van der Waals surface area (Å²) in [5, 5.41) is 2.70. The zero-order chi connectivity index (χ0) is 9.42. The first-order chi connectivity index (χ1) is 6.22. The summed E-state index contributed by atoms with van der Waals surface area (Å²) in [6.45, 7) is 5.88. The van der Waals surface area contributed by atoms with Crippen molar-refractivity contribution in [2.75, 3.05) is 0 Å². The van der Waals surface area contributed by atoms with Gasteiger partial charge >= 0.3 is 0 Å². The van der Waals surface area contributed by atoms with E-state index in [4.69, 9.17) is 0 Å². The van der Waals surface area contributed by atoms with E-state index in [1.54, 1.807) is 0 Å². The van der Waals surface area contributed by atoms with E-state index in [9.17, 15) is 4.79 Å². The highest BCUT2D eigenvalue weighted by atomic mass is 16.1. The zero-order valence-electron chi connectivity index (χ0n) is 7.55. The number of aryl methyl sites for hydroxylation is 1. The molecule has 1 aliphatic heterocycles. The molecule has 0 aliphatic carbocycles. The van der Waals surface area contributed by atoms with Crippen molar-refractivity contribution in [1.82, 2.24) is 5.32 Å². The Labute approximate surface area is 77.3 Å². The Hall–Kier alpha value is -1.57. The molecule has 1 aromatic rings. The zero-order valence-corrected chi connectivity index (χ0v) is 7.55. The van der Waals surface area contributed by atoms with E-state index in [-0.39, 0.29) is 5.91 Å². The summed E-state index contributed by atoms with van der Waals surface area (Å²) in [7, 11) is 0. The lowest BCUT2D eigenvalue weighted by atomic mass is 10.0. The molecule has 0 bridgehead atoms. The number of carbonyl (C=O) groups excluding carboxylic acids is 1. The molecule has 0 fully saturated rings. The first-order valence-electron chi connectivity index (χ1n) is 4.36. The molecule has 1 N–H and O–H groups in total. The van der Waals surface area contributed by atoms with Crippen LogP contribution in [0.5, 0.6) is 0 Å². The molecule has 0 radical (unpaired) electrons. The van der Waals surface area contributed by atoms with Crippen molar-refractivity contribution in [3.05, 3.63) is 41.5 Å². The number of rotatable bonds is 1. The molecule has 2 nitrogen and oxygen atoms in total. The molecular formula is C11H11NO. The monoisotopic (exact) mass is 173 g/mol. The van der Waals surface area contributed by atoms with Crippen LogP contribution in [0.4, 0.5) is 0 Å². The van der Waals surface area contributed by atoms with Gasteiger partial charge in [-0.3, -0.25) is 4.79 Å². The van der Waals surface area contributed by atoms with Crippen LogP contribution in [0.3, 0.4) is 0 Å². The van der Waals surface area contributed by atoms with E-state index >= 15 is 0 Å². The summed E-state index contributed by atoms with van der Waals surface area (Å²) >= 11 is 0. The lowest BCUT2D eigenvalue weighted by Gasteiger charge is -1.99. The van der Waals surface area contributed by atoms with E-state index in [1.807, 2.05) is 18.2 Å². The second kappa shape index (κ2) is 2.73. The number of hydrogen-bond acceptors (Lipinski definition) is 1. The Morgan fingerprint density at radius 1 is 1.38 bits per heavy atom. The van der Waals surface area contributed by atoms with E-state index in [0.717, 1.165) is 23.2 Å². The molecule has 1 heterocycles. The Balaban J connectivity index is 2.58. The molecule has 13 heavy (non-hydrogen) atoms. The van der Waals surface area contributed by atoms with Crippen molar-refractivity contribution in [2.45, 2.75) is 13.3 Å². The summed E-state index contributed by atoms with van der Waals surface area (Å²) in [6, 6.07) is 5.87. The summed E-state index contributed by atoms with van der Waals surface area (Å²) in [6.07, 6.45) is 0.981. The molecular weight excluding hydrogens is 162 g/mol. The fraction of sp³-hybridized carbons (Fsp3) is 0.182. The van der Waals surface area contributed by atoms with Crippen molar-refractivity contribution in [2.24, 2.45) is 0 Å². The Morgan fingerprint density at radius 3 is 2.85 bits per heavy atom. The topological polar surface area (TPSA) is 29.1 Å². The SMILES string of the molecule is C=C1NC(=O)c2ccc(CC)cc21. The van der Waals surface area contributed by atoms with Crippen LogP contribution in [0.15, 0.2) is 24.8 Å². The first-order valence-corrected chi connectivity index (χ1v) is 4.36. The average Bonchev–Trinajstić information content (AvgIpc) is 2.42. The summed E-state index contributed by atoms with van der Waals surface area (Å²) in [5.41, 5.74) is 3.64. The summed E-state index contributed by atoms with van der Waals surface area (Å²) in [5.74, 6) is -0.0392. The minimum absolute atomic E-state index is 0.0392. The standard InChI is InChI=1S/C11H11NO/c1-3-8-4-5-9-10(6-8)7(2)12-11(9)13/h4-6H,2-3H2,1H3,(H,12,13). The molecule has 0 aromatic heterocycles. The molecule has 2 rings (SSSR count). The third kappa shape index (κ3) is 1.15. The van der Waals surface area contributed by atoms with Crippen LogP contribution in [0.2, 0.25) is 0 Å². The van der Waals surface area contributed by atoms with Crippen LogP contribution < -0.4 is 5.32 Å². The maximum absolute atomic E-state index is 11.3. The van der Waals surface area contributed by atoms with Gasteiger partial charge in [0.15, 0.2) is 0 Å². The fourth-order valence-corrected chi connectivity index (χ4v) is 1.53. The van der Waals surface area contributed by atoms with Gasteiger partial charge in [-0.1, -0.05) is 19.6 Å². The second-order valence-electron chi connectivity index (χ2n) is 3.17. The Bertz CT molecular complexity index is 393. The minimum Gasteiger partial charge on any atom is -0.322 e. The minimum atomic E-state index is -0.0392. The van der Waals surface area contributed by atoms with Gasteiger partial charge in [0, 0.05) is 16.8 Å². The summed E-state index contributed by atoms with van der Waals surface area (Å²) < 4.78 is 0. The lowest BCUT2D eigenvalue weighted by Crippen LogP contribution is -2.11. The highest BCUT2D eigenvalue weighted by Crippen LogP contribution is 2.24. The van der Waals surface area contributed by atoms with Crippen molar-refractivity contribution >= 4 is 11.6 Å². The average molecular weight is 173 g/mol. The fourth-order valence-electron chi connectivity index (χ4n) is 1.53. The van der Waals surface area contributed by atoms with Gasteiger partial charge in [-0.05, 0) is 24.1 Å². The van der Waals surface area contributed by atoms with Gasteiger partial charge in [-0.15, -0.1) is 0 Å². The van der Waals surface area contributed by atoms with Crippen LogP contribution in [-0.2, 0) is 6.42 Å². The molecule has 1 aliphatic rings. The normalized spacial score (nSPS) is 14.2. The van der Waals surface area contributed by atoms with Gasteiger partial charge in [-0.2, -0.15) is 0 Å². The summed E-state index contributed by atoms with van der Waals surface area (Å²) in [4.78, 5) is 11.3. The number of carbonyl (C=O) groups is 1. The largest absolute Gasteiger partial charge is 0.322 e. The van der Waals surface area contributed by atoms with Gasteiger partial charge in [0.25, 0.3) is 5.91 Å². The van der Waals surface area contributed by atoms with Crippen molar-refractivity contribution in [1.29, 1.82) is 0 Å². The van der Waals surface area contributed by atoms with Crippen LogP contribution in [-0.4, -0.2) is 5.91 Å². The van der Waals surface area contributed by atoms with Crippen molar-refractivity contribution in [3.8, 4) is 0 Å². The van der Waals surface area contributed by atoms with E-state index in [0.29, 0.717) is 0 Å². The van der Waals surface area contributed by atoms with Crippen molar-refractivity contribution < 1.29 is 4.79 Å². The molecule has 0 unspecified atom stereocenters. The van der Waals surface area contributed by atoms with E-state index < -0.39 is 0 Å². The highest BCUT2D eigenvalue weighted by molar-refractivity contribution is 6.08. The predicted octanol–water partition coefficient (Wildman–Crippen LogP) is 1.96. The molecule has 2 heteroatoms. The molecule has 1 amide bonds. The first kappa shape index (κ1) is 8.05. The van der Waals surface area contributed by atoms with Gasteiger partial charge in [0.05, 0.1) is 0 Å². The predicted molar refractivity (Wildman–Crippen MR) is 52.3 cm³/mol. The third-order valence-electron chi connectivity index (χ3n) is 2.33. The molecule has 0 atom stereocenters. The quantitative estimate of drug-likeness (QED) is 0.691. The number of fused-ring (bicyclic) bond motifs is 1. The Morgan fingerprint density at radius 2 is 2.15 bits per heavy atom. The van der Waals surface area contributed by atoms with Crippen molar-refractivity contribution in [3.63, 3.8) is 0 Å². The Kier molecular flexibility index (Phi) is 1.69. The van der Waals surface area contributed by atoms with E-state index in [1.165, 1.54) is 5.56 Å². The maximum Gasteiger partial charge on any atom is 0.256 e. The van der Waals surface area contributed by atoms with Gasteiger partial charge in [0.2, 0.25) is 0 Å². The van der Waals surface area contributed by atoms with Crippen LogP contribution in [0.25, 0.3) is 5.70 Å². The highest BCUT2D eigenvalue weighted by Gasteiger charge is 2.21. The molecule has 0 spiro atoms. The maximum atomic E-state index is 11.3. The number of benzene rings is 1. The number of nitrogens with one attached hydrogen (secondary N) is 1. The molecule has 0 saturated heterocycles.